The molecule has 268 valence electrons. The minimum atomic E-state index is -5.08. The molecular weight excluding hydrogens is 651 g/mol. The van der Waals surface area contributed by atoms with E-state index in [0.717, 1.165) is 11.1 Å². The van der Waals surface area contributed by atoms with Gasteiger partial charge in [0.05, 0.1) is 12.1 Å². The molecule has 0 aliphatic heterocycles. The topological polar surface area (TPSA) is 156 Å². The van der Waals surface area contributed by atoms with E-state index in [-0.39, 0.29) is 24.5 Å². The van der Waals surface area contributed by atoms with Gasteiger partial charge in [-0.25, -0.2) is 0 Å². The van der Waals surface area contributed by atoms with Gasteiger partial charge in [0, 0.05) is 36.7 Å². The zero-order valence-electron chi connectivity index (χ0n) is 28.3. The van der Waals surface area contributed by atoms with Crippen molar-refractivity contribution in [2.45, 2.75) is 77.2 Å². The van der Waals surface area contributed by atoms with Crippen molar-refractivity contribution in [2.75, 3.05) is 0 Å². The molecule has 3 amide bonds. The molecule has 0 spiro atoms. The number of carbonyl (C=O) groups is 5. The molecule has 0 aliphatic carbocycles. The molecule has 9 nitrogen and oxygen atoms in total. The van der Waals surface area contributed by atoms with E-state index in [9.17, 15) is 42.3 Å². The number of alkyl halides is 3. The fourth-order valence-corrected chi connectivity index (χ4v) is 5.50. The van der Waals surface area contributed by atoms with Crippen molar-refractivity contribution < 1.29 is 42.3 Å². The van der Waals surface area contributed by atoms with E-state index in [0.29, 0.717) is 11.1 Å². The maximum Gasteiger partial charge on any atom is 0.416 e. The first kappa shape index (κ1) is 39.6. The van der Waals surface area contributed by atoms with Crippen molar-refractivity contribution in [3.63, 3.8) is 0 Å². The molecule has 2 unspecified atom stereocenters. The summed E-state index contributed by atoms with van der Waals surface area (Å²) in [5.41, 5.74) is 8.12. The van der Waals surface area contributed by atoms with Gasteiger partial charge < -0.3 is 21.5 Å². The van der Waals surface area contributed by atoms with Crippen LogP contribution < -0.4 is 16.4 Å². The van der Waals surface area contributed by atoms with Crippen molar-refractivity contribution in [2.24, 2.45) is 23.5 Å². The first-order valence-electron chi connectivity index (χ1n) is 16.5. The fraction of sp³-hybridized carbons (Fsp3) is 0.395. The Hall–Kier alpha value is -4.84. The molecular formula is C38H44F3N3O6. The third-order valence-electron chi connectivity index (χ3n) is 8.55. The first-order chi connectivity index (χ1) is 23.6. The minimum Gasteiger partial charge on any atom is -0.382 e. The Morgan fingerprint density at radius 3 is 1.86 bits per heavy atom. The monoisotopic (exact) mass is 695 g/mol. The van der Waals surface area contributed by atoms with Crippen LogP contribution in [-0.2, 0) is 25.6 Å². The van der Waals surface area contributed by atoms with E-state index in [1.807, 2.05) is 42.5 Å². The highest BCUT2D eigenvalue weighted by atomic mass is 19.4. The SMILES string of the molecule is CC(C)[C@H](CC(=O)c1ccc(-c2ccccc2)cc1)C(=O)N[C@H](Cc1ccccc1)C(=O)C[C@H](C)C(=O)NC(CCC(N)=O)C(O)C(F)(F)F. The zero-order valence-corrected chi connectivity index (χ0v) is 28.3. The Morgan fingerprint density at radius 1 is 0.760 bits per heavy atom. The number of amides is 3. The lowest BCUT2D eigenvalue weighted by atomic mass is 9.87. The predicted molar refractivity (Wildman–Crippen MR) is 182 cm³/mol. The van der Waals surface area contributed by atoms with Gasteiger partial charge in [-0.3, -0.25) is 24.0 Å². The molecule has 0 fully saturated rings. The van der Waals surface area contributed by atoms with Crippen LogP contribution in [0.2, 0.25) is 0 Å². The lowest BCUT2D eigenvalue weighted by Gasteiger charge is -2.27. The van der Waals surface area contributed by atoms with Crippen LogP contribution in [0, 0.1) is 17.8 Å². The normalized spacial score (nSPS) is 14.6. The Kier molecular flexibility index (Phi) is 14.4. The van der Waals surface area contributed by atoms with Crippen LogP contribution in [0.15, 0.2) is 84.9 Å². The van der Waals surface area contributed by atoms with Crippen molar-refractivity contribution in [3.05, 3.63) is 96.1 Å². The number of benzene rings is 3. The van der Waals surface area contributed by atoms with Crippen LogP contribution >= 0.6 is 0 Å². The van der Waals surface area contributed by atoms with Gasteiger partial charge in [-0.1, -0.05) is 106 Å². The number of rotatable bonds is 18. The standard InChI is InChI=1S/C38H44F3N3O6/c1-23(2)29(22-32(45)28-16-14-27(15-17-28)26-12-8-5-9-13-26)37(50)44-31(21-25-10-6-4-7-11-25)33(46)20-24(3)36(49)43-30(18-19-34(42)47)35(48)38(39,40)41/h4-17,23-24,29-31,35,48H,18-22H2,1-3H3,(H2,42,47)(H,43,49)(H,44,50)/t24-,29-,30?,31+,35?/m0/s1. The van der Waals surface area contributed by atoms with Crippen LogP contribution in [-0.4, -0.2) is 58.8 Å². The third-order valence-corrected chi connectivity index (χ3v) is 8.55. The maximum atomic E-state index is 13.7. The molecule has 3 rings (SSSR count). The van der Waals surface area contributed by atoms with Crippen molar-refractivity contribution in [1.82, 2.24) is 10.6 Å². The highest BCUT2D eigenvalue weighted by Gasteiger charge is 2.44. The number of nitrogens with one attached hydrogen (secondary N) is 2. The number of carbonyl (C=O) groups excluding carboxylic acids is 5. The molecule has 3 aromatic rings. The number of aliphatic hydroxyl groups is 1. The number of hydrogen-bond donors (Lipinski definition) is 4. The summed E-state index contributed by atoms with van der Waals surface area (Å²) in [4.78, 5) is 64.8. The van der Waals surface area contributed by atoms with Gasteiger partial charge in [-0.05, 0) is 35.4 Å². The summed E-state index contributed by atoms with van der Waals surface area (Å²) in [6.07, 6.45) is -9.64. The average Bonchev–Trinajstić information content (AvgIpc) is 3.08. The second kappa shape index (κ2) is 18.2. The smallest absolute Gasteiger partial charge is 0.382 e. The third kappa shape index (κ3) is 11.9. The molecule has 50 heavy (non-hydrogen) atoms. The second-order valence-corrected chi connectivity index (χ2v) is 12.9. The van der Waals surface area contributed by atoms with Gasteiger partial charge in [0.2, 0.25) is 17.7 Å². The largest absolute Gasteiger partial charge is 0.416 e. The summed E-state index contributed by atoms with van der Waals surface area (Å²) in [7, 11) is 0. The van der Waals surface area contributed by atoms with Gasteiger partial charge in [0.25, 0.3) is 0 Å². The van der Waals surface area contributed by atoms with E-state index in [1.54, 1.807) is 56.3 Å². The molecule has 0 aliphatic rings. The summed E-state index contributed by atoms with van der Waals surface area (Å²) in [6, 6.07) is 22.6. The number of halogens is 3. The van der Waals surface area contributed by atoms with E-state index in [2.05, 4.69) is 10.6 Å². The number of aliphatic hydroxyl groups excluding tert-OH is 1. The zero-order chi connectivity index (χ0) is 37.0. The molecule has 0 saturated carbocycles. The molecule has 12 heteroatoms. The Balaban J connectivity index is 1.74. The molecule has 3 aromatic carbocycles. The van der Waals surface area contributed by atoms with Crippen molar-refractivity contribution in [1.29, 1.82) is 0 Å². The Labute approximate surface area is 289 Å². The summed E-state index contributed by atoms with van der Waals surface area (Å²) >= 11 is 0. The fourth-order valence-electron chi connectivity index (χ4n) is 5.50. The Bertz CT molecular complexity index is 1600. The van der Waals surface area contributed by atoms with Gasteiger partial charge in [0.15, 0.2) is 17.7 Å². The Morgan fingerprint density at radius 2 is 1.32 bits per heavy atom. The first-order valence-corrected chi connectivity index (χ1v) is 16.5. The number of hydrogen-bond acceptors (Lipinski definition) is 6. The highest BCUT2D eigenvalue weighted by molar-refractivity contribution is 6.00. The van der Waals surface area contributed by atoms with Crippen LogP contribution in [0.5, 0.6) is 0 Å². The van der Waals surface area contributed by atoms with Crippen LogP contribution in [0.3, 0.4) is 0 Å². The van der Waals surface area contributed by atoms with Crippen LogP contribution in [0.4, 0.5) is 13.2 Å². The van der Waals surface area contributed by atoms with E-state index < -0.39 is 79.0 Å². The minimum absolute atomic E-state index is 0.0630. The number of ketones is 2. The second-order valence-electron chi connectivity index (χ2n) is 12.9. The van der Waals surface area contributed by atoms with Gasteiger partial charge >= 0.3 is 6.18 Å². The van der Waals surface area contributed by atoms with Gasteiger partial charge in [0.1, 0.15) is 0 Å². The number of nitrogens with two attached hydrogens (primary N) is 1. The number of Topliss-reactive ketones (excluding diaryl/α,β-unsaturated/α-hetero) is 2. The van der Waals surface area contributed by atoms with Crippen molar-refractivity contribution >= 4 is 29.3 Å². The van der Waals surface area contributed by atoms with Gasteiger partial charge in [-0.2, -0.15) is 13.2 Å². The molecule has 5 N–H and O–H groups in total. The van der Waals surface area contributed by atoms with E-state index in [1.165, 1.54) is 6.92 Å². The lowest BCUT2D eigenvalue weighted by Crippen LogP contribution is -2.52. The quantitative estimate of drug-likeness (QED) is 0.134. The van der Waals surface area contributed by atoms with E-state index >= 15 is 0 Å². The van der Waals surface area contributed by atoms with E-state index in [4.69, 9.17) is 5.73 Å². The molecule has 0 heterocycles. The highest BCUT2D eigenvalue weighted by Crippen LogP contribution is 2.26. The van der Waals surface area contributed by atoms with Crippen LogP contribution in [0.25, 0.3) is 11.1 Å². The summed E-state index contributed by atoms with van der Waals surface area (Å²) < 4.78 is 39.8. The molecule has 0 radical (unpaired) electrons. The average molecular weight is 696 g/mol. The molecule has 0 aromatic heterocycles. The molecule has 0 bridgehead atoms. The summed E-state index contributed by atoms with van der Waals surface area (Å²) in [5, 5.41) is 14.7. The predicted octanol–water partition coefficient (Wildman–Crippen LogP) is 5.19. The summed E-state index contributed by atoms with van der Waals surface area (Å²) in [6.45, 7) is 4.92. The van der Waals surface area contributed by atoms with Crippen molar-refractivity contribution in [3.8, 4) is 11.1 Å². The lowest BCUT2D eigenvalue weighted by molar-refractivity contribution is -0.213. The molecule has 0 saturated heterocycles. The number of primary amides is 1. The van der Waals surface area contributed by atoms with Gasteiger partial charge in [-0.15, -0.1) is 0 Å². The summed E-state index contributed by atoms with van der Waals surface area (Å²) in [5.74, 6) is -5.43. The van der Waals surface area contributed by atoms with Crippen LogP contribution in [0.1, 0.15) is 62.4 Å². The maximum absolute atomic E-state index is 13.7. The molecule has 5 atom stereocenters.